The minimum Gasteiger partial charge on any atom is -0.486 e. The highest BCUT2D eigenvalue weighted by molar-refractivity contribution is 5.75. The second-order valence-electron chi connectivity index (χ2n) is 5.95. The Balaban J connectivity index is 1.29. The van der Waals surface area contributed by atoms with Gasteiger partial charge in [-0.15, -0.1) is 10.2 Å². The van der Waals surface area contributed by atoms with E-state index in [1.165, 1.54) is 16.9 Å². The van der Waals surface area contributed by atoms with E-state index in [0.29, 0.717) is 36.0 Å². The average Bonchev–Trinajstić information content (AvgIpc) is 3.15. The highest BCUT2D eigenvalue weighted by Gasteiger charge is 2.21. The van der Waals surface area contributed by atoms with Crippen molar-refractivity contribution < 1.29 is 18.7 Å². The largest absolute Gasteiger partial charge is 0.486 e. The van der Waals surface area contributed by atoms with Crippen molar-refractivity contribution in [3.05, 3.63) is 54.3 Å². The van der Waals surface area contributed by atoms with Gasteiger partial charge in [-0.2, -0.15) is 4.80 Å². The summed E-state index contributed by atoms with van der Waals surface area (Å²) in [5.74, 6) is 1.05. The number of tetrazole rings is 1. The molecule has 1 N–H and O–H groups in total. The summed E-state index contributed by atoms with van der Waals surface area (Å²) in [6.07, 6.45) is -0.276. The van der Waals surface area contributed by atoms with Crippen molar-refractivity contribution >= 4 is 5.91 Å². The Hall–Kier alpha value is -3.49. The van der Waals surface area contributed by atoms with Gasteiger partial charge in [0.25, 0.3) is 0 Å². The Morgan fingerprint density at radius 2 is 1.96 bits per heavy atom. The number of halogens is 1. The van der Waals surface area contributed by atoms with Crippen LogP contribution in [0.25, 0.3) is 11.4 Å². The van der Waals surface area contributed by atoms with Crippen molar-refractivity contribution in [3.8, 4) is 22.9 Å². The number of carbonyl (C=O) groups excluding carboxylic acids is 1. The molecule has 0 unspecified atom stereocenters. The van der Waals surface area contributed by atoms with Crippen LogP contribution < -0.4 is 14.8 Å². The first-order chi connectivity index (χ1) is 13.2. The standard InChI is InChI=1S/C18H16FN5O3/c19-13-7-5-12(6-8-13)18-21-23-24(22-18)10-17(25)20-9-14-11-26-15-3-1-2-4-16(15)27-14/h1-8,14H,9-11H2,(H,20,25)/t14-/m1/s1. The number of nitrogens with one attached hydrogen (secondary N) is 1. The zero-order valence-corrected chi connectivity index (χ0v) is 14.2. The van der Waals surface area contributed by atoms with Crippen molar-refractivity contribution in [1.29, 1.82) is 0 Å². The number of rotatable bonds is 5. The number of nitrogens with zero attached hydrogens (tertiary/aromatic N) is 4. The third-order valence-electron chi connectivity index (χ3n) is 3.93. The molecule has 1 aromatic heterocycles. The first-order valence-electron chi connectivity index (χ1n) is 8.36. The molecule has 1 atom stereocenters. The van der Waals surface area contributed by atoms with Crippen LogP contribution in [-0.2, 0) is 11.3 Å². The number of aromatic nitrogens is 4. The number of benzene rings is 2. The van der Waals surface area contributed by atoms with Gasteiger partial charge in [0.1, 0.15) is 25.1 Å². The Bertz CT molecular complexity index is 944. The van der Waals surface area contributed by atoms with Gasteiger partial charge in [-0.3, -0.25) is 4.79 Å². The van der Waals surface area contributed by atoms with Crippen molar-refractivity contribution in [2.45, 2.75) is 12.6 Å². The van der Waals surface area contributed by atoms with E-state index in [-0.39, 0.29) is 24.4 Å². The Kier molecular flexibility index (Phi) is 4.65. The summed E-state index contributed by atoms with van der Waals surface area (Å²) in [4.78, 5) is 13.3. The smallest absolute Gasteiger partial charge is 0.243 e. The van der Waals surface area contributed by atoms with Gasteiger partial charge in [-0.25, -0.2) is 4.39 Å². The van der Waals surface area contributed by atoms with E-state index in [1.807, 2.05) is 24.3 Å². The molecular weight excluding hydrogens is 353 g/mol. The molecule has 2 heterocycles. The summed E-state index contributed by atoms with van der Waals surface area (Å²) >= 11 is 0. The number of fused-ring (bicyclic) bond motifs is 1. The van der Waals surface area contributed by atoms with Gasteiger partial charge >= 0.3 is 0 Å². The predicted octanol–water partition coefficient (Wildman–Crippen LogP) is 1.44. The van der Waals surface area contributed by atoms with Crippen LogP contribution in [0.3, 0.4) is 0 Å². The topological polar surface area (TPSA) is 91.2 Å². The molecule has 27 heavy (non-hydrogen) atoms. The maximum Gasteiger partial charge on any atom is 0.243 e. The zero-order valence-electron chi connectivity index (χ0n) is 14.2. The highest BCUT2D eigenvalue weighted by Crippen LogP contribution is 2.30. The van der Waals surface area contributed by atoms with E-state index >= 15 is 0 Å². The molecule has 1 aliphatic rings. The van der Waals surface area contributed by atoms with Gasteiger partial charge in [0.2, 0.25) is 11.7 Å². The predicted molar refractivity (Wildman–Crippen MR) is 92.6 cm³/mol. The zero-order chi connectivity index (χ0) is 18.6. The van der Waals surface area contributed by atoms with Crippen LogP contribution >= 0.6 is 0 Å². The fourth-order valence-corrected chi connectivity index (χ4v) is 2.60. The molecule has 9 heteroatoms. The molecule has 138 valence electrons. The van der Waals surface area contributed by atoms with E-state index in [1.54, 1.807) is 12.1 Å². The normalized spacial score (nSPS) is 15.4. The number of amides is 1. The van der Waals surface area contributed by atoms with Crippen molar-refractivity contribution in [3.63, 3.8) is 0 Å². The van der Waals surface area contributed by atoms with Crippen LogP contribution in [0, 0.1) is 5.82 Å². The number of para-hydroxylation sites is 2. The van der Waals surface area contributed by atoms with Crippen molar-refractivity contribution in [2.24, 2.45) is 0 Å². The number of hydrogen-bond acceptors (Lipinski definition) is 6. The molecule has 1 amide bonds. The first kappa shape index (κ1) is 17.0. The van der Waals surface area contributed by atoms with Crippen LogP contribution in [0.5, 0.6) is 11.5 Å². The van der Waals surface area contributed by atoms with E-state index in [0.717, 1.165) is 0 Å². The fourth-order valence-electron chi connectivity index (χ4n) is 2.60. The van der Waals surface area contributed by atoms with Crippen LogP contribution in [0.15, 0.2) is 48.5 Å². The van der Waals surface area contributed by atoms with E-state index in [9.17, 15) is 9.18 Å². The van der Waals surface area contributed by atoms with Crippen molar-refractivity contribution in [1.82, 2.24) is 25.5 Å². The molecule has 0 radical (unpaired) electrons. The Morgan fingerprint density at radius 3 is 2.78 bits per heavy atom. The summed E-state index contributed by atoms with van der Waals surface area (Å²) in [5.41, 5.74) is 0.620. The second kappa shape index (κ2) is 7.40. The summed E-state index contributed by atoms with van der Waals surface area (Å²) in [6, 6.07) is 13.1. The number of carbonyl (C=O) groups is 1. The highest BCUT2D eigenvalue weighted by atomic mass is 19.1. The summed E-state index contributed by atoms with van der Waals surface area (Å²) in [6.45, 7) is 0.568. The molecule has 0 aliphatic carbocycles. The summed E-state index contributed by atoms with van der Waals surface area (Å²) in [5, 5.41) is 14.6. The van der Waals surface area contributed by atoms with E-state index in [2.05, 4.69) is 20.7 Å². The molecular formula is C18H16FN5O3. The van der Waals surface area contributed by atoms with Gasteiger partial charge in [0.15, 0.2) is 11.5 Å². The number of hydrogen-bond donors (Lipinski definition) is 1. The number of ether oxygens (including phenoxy) is 2. The lowest BCUT2D eigenvalue weighted by Gasteiger charge is -2.26. The lowest BCUT2D eigenvalue weighted by molar-refractivity contribution is -0.122. The molecule has 0 fully saturated rings. The molecule has 8 nitrogen and oxygen atoms in total. The first-order valence-corrected chi connectivity index (χ1v) is 8.36. The lowest BCUT2D eigenvalue weighted by atomic mass is 10.2. The summed E-state index contributed by atoms with van der Waals surface area (Å²) < 4.78 is 24.4. The quantitative estimate of drug-likeness (QED) is 0.732. The second-order valence-corrected chi connectivity index (χ2v) is 5.95. The molecule has 0 bridgehead atoms. The van der Waals surface area contributed by atoms with E-state index in [4.69, 9.17) is 9.47 Å². The van der Waals surface area contributed by atoms with Crippen LogP contribution in [0.1, 0.15) is 0 Å². The van der Waals surface area contributed by atoms with Gasteiger partial charge in [0, 0.05) is 5.56 Å². The SMILES string of the molecule is O=C(Cn1nnc(-c2ccc(F)cc2)n1)NC[C@@H]1COc2ccccc2O1. The monoisotopic (exact) mass is 369 g/mol. The van der Waals surface area contributed by atoms with Crippen LogP contribution in [0.2, 0.25) is 0 Å². The van der Waals surface area contributed by atoms with Crippen LogP contribution in [-0.4, -0.2) is 45.4 Å². The lowest BCUT2D eigenvalue weighted by Crippen LogP contribution is -2.41. The summed E-state index contributed by atoms with van der Waals surface area (Å²) in [7, 11) is 0. The minimum atomic E-state index is -0.345. The van der Waals surface area contributed by atoms with E-state index < -0.39 is 0 Å². The van der Waals surface area contributed by atoms with Gasteiger partial charge in [-0.05, 0) is 41.6 Å². The van der Waals surface area contributed by atoms with Crippen molar-refractivity contribution in [2.75, 3.05) is 13.2 Å². The molecule has 1 aliphatic heterocycles. The molecule has 3 aromatic rings. The van der Waals surface area contributed by atoms with Gasteiger partial charge in [-0.1, -0.05) is 12.1 Å². The minimum absolute atomic E-state index is 0.0850. The van der Waals surface area contributed by atoms with Gasteiger partial charge in [0.05, 0.1) is 6.54 Å². The maximum absolute atomic E-state index is 13.0. The Labute approximate surface area is 153 Å². The molecule has 4 rings (SSSR count). The maximum atomic E-state index is 13.0. The third kappa shape index (κ3) is 4.02. The third-order valence-corrected chi connectivity index (χ3v) is 3.93. The fraction of sp³-hybridized carbons (Fsp3) is 0.222. The van der Waals surface area contributed by atoms with Gasteiger partial charge < -0.3 is 14.8 Å². The molecule has 0 spiro atoms. The Morgan fingerprint density at radius 1 is 1.19 bits per heavy atom. The molecule has 2 aromatic carbocycles. The average molecular weight is 369 g/mol. The molecule has 0 saturated heterocycles. The molecule has 0 saturated carbocycles. The van der Waals surface area contributed by atoms with Crippen LogP contribution in [0.4, 0.5) is 4.39 Å².